The average molecular weight is 317 g/mol. The Kier molecular flexibility index (Phi) is 3.82. The van der Waals surface area contributed by atoms with Crippen molar-refractivity contribution in [2.75, 3.05) is 20.0 Å². The first-order valence-corrected chi connectivity index (χ1v) is 7.36. The van der Waals surface area contributed by atoms with Crippen LogP contribution >= 0.6 is 11.8 Å². The van der Waals surface area contributed by atoms with Crippen LogP contribution in [0.25, 0.3) is 0 Å². The smallest absolute Gasteiger partial charge is 0.357 e. The average Bonchev–Trinajstić information content (AvgIpc) is 2.74. The van der Waals surface area contributed by atoms with Crippen molar-refractivity contribution in [3.05, 3.63) is 10.8 Å². The summed E-state index contributed by atoms with van der Waals surface area (Å²) in [7, 11) is 0. The Morgan fingerprint density at radius 2 is 2.14 bits per heavy atom. The first kappa shape index (κ1) is 14.6. The Labute approximate surface area is 124 Å². The van der Waals surface area contributed by atoms with Crippen LogP contribution in [0.5, 0.6) is 0 Å². The second-order valence-corrected chi connectivity index (χ2v) is 6.11. The van der Waals surface area contributed by atoms with Crippen molar-refractivity contribution in [1.82, 2.24) is 4.90 Å². The molecule has 0 aliphatic carbocycles. The molecule has 0 saturated carbocycles. The molecule has 3 atom stereocenters. The number of carboxylic acid groups (broad SMARTS) is 1. The number of fused-ring (bicyclic) bond motifs is 1. The lowest BCUT2D eigenvalue weighted by Gasteiger charge is -2.43. The van der Waals surface area contributed by atoms with Gasteiger partial charge in [0.05, 0.1) is 25.2 Å². The summed E-state index contributed by atoms with van der Waals surface area (Å²) in [5, 5.41) is 18.7. The predicted molar refractivity (Wildman–Crippen MR) is 69.7 cm³/mol. The number of carbonyl (C=O) groups excluding carboxylic acids is 1. The minimum atomic E-state index is -1.23. The number of aliphatic carboxylic acids is 1. The fraction of sp³-hybridized carbons (Fsp3) is 0.667. The predicted octanol–water partition coefficient (Wildman–Crippen LogP) is -0.458. The maximum atomic E-state index is 12.0. The molecule has 1 amide bonds. The SMILES string of the molecule is CC(O)C1C(=O)N2C(C(=O)O)=C(OC3COCOC3)S[C@@H]12. The third-order valence-electron chi connectivity index (χ3n) is 3.52. The van der Waals surface area contributed by atoms with Crippen LogP contribution in [-0.2, 0) is 23.8 Å². The van der Waals surface area contributed by atoms with Gasteiger partial charge < -0.3 is 24.4 Å². The summed E-state index contributed by atoms with van der Waals surface area (Å²) in [6.07, 6.45) is -1.24. The Hall–Kier alpha value is -1.29. The van der Waals surface area contributed by atoms with E-state index in [0.717, 1.165) is 11.8 Å². The van der Waals surface area contributed by atoms with Gasteiger partial charge in [-0.25, -0.2) is 4.79 Å². The number of hydrogen-bond donors (Lipinski definition) is 2. The summed E-state index contributed by atoms with van der Waals surface area (Å²) in [4.78, 5) is 24.6. The van der Waals surface area contributed by atoms with Crippen molar-refractivity contribution in [3.8, 4) is 0 Å². The van der Waals surface area contributed by atoms with Crippen molar-refractivity contribution in [3.63, 3.8) is 0 Å². The normalized spacial score (nSPS) is 31.0. The van der Waals surface area contributed by atoms with Crippen LogP contribution in [0.4, 0.5) is 0 Å². The number of aliphatic hydroxyl groups is 1. The molecule has 3 heterocycles. The van der Waals surface area contributed by atoms with E-state index in [-0.39, 0.29) is 17.6 Å². The summed E-state index contributed by atoms with van der Waals surface area (Å²) >= 11 is 1.14. The fourth-order valence-electron chi connectivity index (χ4n) is 2.52. The fourth-order valence-corrected chi connectivity index (χ4v) is 4.03. The van der Waals surface area contributed by atoms with Crippen LogP contribution in [0.1, 0.15) is 6.92 Å². The van der Waals surface area contributed by atoms with Gasteiger partial charge in [-0.15, -0.1) is 0 Å². The Bertz CT molecular complexity index is 500. The molecule has 0 radical (unpaired) electrons. The van der Waals surface area contributed by atoms with Crippen molar-refractivity contribution in [2.24, 2.45) is 5.92 Å². The van der Waals surface area contributed by atoms with Crippen molar-refractivity contribution in [2.45, 2.75) is 24.5 Å². The molecule has 0 aromatic carbocycles. The van der Waals surface area contributed by atoms with Gasteiger partial charge in [-0.05, 0) is 6.92 Å². The van der Waals surface area contributed by atoms with E-state index >= 15 is 0 Å². The van der Waals surface area contributed by atoms with Gasteiger partial charge in [-0.3, -0.25) is 9.69 Å². The number of thioether (sulfide) groups is 1. The molecule has 3 aliphatic rings. The zero-order valence-electron chi connectivity index (χ0n) is 11.2. The van der Waals surface area contributed by atoms with Crippen LogP contribution in [0.15, 0.2) is 10.8 Å². The highest BCUT2D eigenvalue weighted by atomic mass is 32.2. The van der Waals surface area contributed by atoms with Crippen molar-refractivity contribution >= 4 is 23.6 Å². The summed E-state index contributed by atoms with van der Waals surface area (Å²) in [5.41, 5.74) is -0.169. The Balaban J connectivity index is 1.79. The first-order valence-electron chi connectivity index (χ1n) is 6.48. The quantitative estimate of drug-likeness (QED) is 0.671. The molecule has 2 N–H and O–H groups in total. The van der Waals surface area contributed by atoms with Gasteiger partial charge in [0, 0.05) is 0 Å². The van der Waals surface area contributed by atoms with Gasteiger partial charge >= 0.3 is 5.97 Å². The van der Waals surface area contributed by atoms with Crippen LogP contribution in [0, 0.1) is 5.92 Å². The number of ether oxygens (including phenoxy) is 3. The third kappa shape index (κ3) is 2.39. The summed E-state index contributed by atoms with van der Waals surface area (Å²) in [6.45, 7) is 2.31. The van der Waals surface area contributed by atoms with E-state index in [1.807, 2.05) is 0 Å². The van der Waals surface area contributed by atoms with Crippen LogP contribution in [0.2, 0.25) is 0 Å². The molecule has 116 valence electrons. The molecule has 0 bridgehead atoms. The summed E-state index contributed by atoms with van der Waals surface area (Å²) < 4.78 is 15.8. The van der Waals surface area contributed by atoms with E-state index in [1.165, 1.54) is 11.8 Å². The lowest BCUT2D eigenvalue weighted by molar-refractivity contribution is -0.159. The molecule has 0 aromatic heterocycles. The Morgan fingerprint density at radius 1 is 1.48 bits per heavy atom. The number of amides is 1. The van der Waals surface area contributed by atoms with Crippen LogP contribution in [0.3, 0.4) is 0 Å². The van der Waals surface area contributed by atoms with Gasteiger partial charge in [-0.1, -0.05) is 11.8 Å². The topological polar surface area (TPSA) is 106 Å². The maximum absolute atomic E-state index is 12.0. The zero-order valence-corrected chi connectivity index (χ0v) is 12.0. The van der Waals surface area contributed by atoms with Crippen LogP contribution < -0.4 is 0 Å². The van der Waals surface area contributed by atoms with Crippen molar-refractivity contribution < 1.29 is 34.0 Å². The first-order chi connectivity index (χ1) is 10.0. The number of carbonyl (C=O) groups is 2. The van der Waals surface area contributed by atoms with Crippen molar-refractivity contribution in [1.29, 1.82) is 0 Å². The molecule has 8 nitrogen and oxygen atoms in total. The third-order valence-corrected chi connectivity index (χ3v) is 4.77. The zero-order chi connectivity index (χ0) is 15.1. The van der Waals surface area contributed by atoms with E-state index in [9.17, 15) is 19.8 Å². The second kappa shape index (κ2) is 5.48. The van der Waals surface area contributed by atoms with E-state index in [4.69, 9.17) is 14.2 Å². The lowest BCUT2D eigenvalue weighted by atomic mass is 9.92. The summed E-state index contributed by atoms with van der Waals surface area (Å²) in [5.74, 6) is -2.23. The van der Waals surface area contributed by atoms with Gasteiger partial charge in [-0.2, -0.15) is 0 Å². The number of rotatable bonds is 4. The lowest BCUT2D eigenvalue weighted by Crippen LogP contribution is -2.60. The van der Waals surface area contributed by atoms with Gasteiger partial charge in [0.25, 0.3) is 0 Å². The van der Waals surface area contributed by atoms with Crippen LogP contribution in [-0.4, -0.2) is 64.6 Å². The number of carboxylic acids is 1. The van der Waals surface area contributed by atoms with E-state index in [1.54, 1.807) is 0 Å². The van der Waals surface area contributed by atoms with Gasteiger partial charge in [0.15, 0.2) is 10.8 Å². The maximum Gasteiger partial charge on any atom is 0.357 e. The molecule has 0 spiro atoms. The number of nitrogens with zero attached hydrogens (tertiary/aromatic N) is 1. The molecule has 3 rings (SSSR count). The summed E-state index contributed by atoms with van der Waals surface area (Å²) in [6, 6.07) is 0. The minimum Gasteiger partial charge on any atom is -0.477 e. The molecule has 2 saturated heterocycles. The van der Waals surface area contributed by atoms with Gasteiger partial charge in [0.2, 0.25) is 5.91 Å². The molecule has 21 heavy (non-hydrogen) atoms. The highest BCUT2D eigenvalue weighted by molar-refractivity contribution is 8.03. The molecule has 9 heteroatoms. The number of hydrogen-bond acceptors (Lipinski definition) is 7. The highest BCUT2D eigenvalue weighted by Gasteiger charge is 2.58. The Morgan fingerprint density at radius 3 is 2.71 bits per heavy atom. The molecular formula is C12H15NO7S. The minimum absolute atomic E-state index is 0.169. The van der Waals surface area contributed by atoms with E-state index in [2.05, 4.69) is 0 Å². The largest absolute Gasteiger partial charge is 0.477 e. The van der Waals surface area contributed by atoms with E-state index in [0.29, 0.717) is 13.2 Å². The molecular weight excluding hydrogens is 302 g/mol. The standard InChI is InChI=1S/C12H15NO7S/c1-5(14)7-9(15)13-8(11(16)17)12(21-10(7)13)20-6-2-18-4-19-3-6/h5-7,10,14H,2-4H2,1H3,(H,16,17)/t5?,7?,10-/m0/s1. The number of aliphatic hydroxyl groups excluding tert-OH is 1. The highest BCUT2D eigenvalue weighted by Crippen LogP contribution is 2.50. The monoisotopic (exact) mass is 317 g/mol. The molecule has 2 fully saturated rings. The molecule has 2 unspecified atom stereocenters. The molecule has 0 aromatic rings. The molecule has 3 aliphatic heterocycles. The van der Waals surface area contributed by atoms with E-state index < -0.39 is 35.4 Å². The number of β-lactam (4-membered cyclic amide) rings is 1. The second-order valence-electron chi connectivity index (χ2n) is 5.02. The van der Waals surface area contributed by atoms with Gasteiger partial charge in [0.1, 0.15) is 18.3 Å².